The minimum Gasteiger partial charge on any atom is -0.352 e. The lowest BCUT2D eigenvalue weighted by molar-refractivity contribution is 0.546. The first kappa shape index (κ1) is 14.6. The lowest BCUT2D eigenvalue weighted by atomic mass is 10.2. The molecule has 1 fully saturated rings. The molecule has 106 valence electrons. The molecule has 1 saturated heterocycles. The molecule has 19 heavy (non-hydrogen) atoms. The Morgan fingerprint density at radius 1 is 1.58 bits per heavy atom. The zero-order chi connectivity index (χ0) is 13.8. The van der Waals surface area contributed by atoms with E-state index in [0.29, 0.717) is 29.2 Å². The summed E-state index contributed by atoms with van der Waals surface area (Å²) >= 11 is 1.94. The second-order valence-electron chi connectivity index (χ2n) is 5.27. The van der Waals surface area contributed by atoms with E-state index in [1.807, 2.05) is 11.8 Å². The number of hydrogen-bond donors (Lipinski definition) is 1. The molecule has 0 aromatic carbocycles. The summed E-state index contributed by atoms with van der Waals surface area (Å²) in [4.78, 5) is 6.30. The van der Waals surface area contributed by atoms with E-state index in [1.165, 1.54) is 0 Å². The summed E-state index contributed by atoms with van der Waals surface area (Å²) < 4.78 is 14.5. The van der Waals surface area contributed by atoms with Gasteiger partial charge in [0.05, 0.1) is 0 Å². The Labute approximate surface area is 119 Å². The highest BCUT2D eigenvalue weighted by molar-refractivity contribution is 8.00. The van der Waals surface area contributed by atoms with E-state index < -0.39 is 0 Å². The van der Waals surface area contributed by atoms with Crippen molar-refractivity contribution in [1.82, 2.24) is 10.3 Å². The monoisotopic (exact) mass is 283 g/mol. The molecule has 1 N–H and O–H groups in total. The van der Waals surface area contributed by atoms with Gasteiger partial charge >= 0.3 is 0 Å². The van der Waals surface area contributed by atoms with E-state index in [9.17, 15) is 4.39 Å². The van der Waals surface area contributed by atoms with E-state index >= 15 is 0 Å². The molecule has 1 aromatic rings. The second kappa shape index (κ2) is 6.57. The van der Waals surface area contributed by atoms with Crippen LogP contribution in [0, 0.1) is 5.82 Å². The van der Waals surface area contributed by atoms with Crippen LogP contribution in [0.4, 0.5) is 10.2 Å². The molecule has 1 aliphatic heterocycles. The van der Waals surface area contributed by atoms with Gasteiger partial charge in [-0.25, -0.2) is 9.37 Å². The third kappa shape index (κ3) is 3.83. The van der Waals surface area contributed by atoms with Gasteiger partial charge in [0.15, 0.2) is 11.6 Å². The van der Waals surface area contributed by atoms with Crippen LogP contribution >= 0.6 is 11.8 Å². The Morgan fingerprint density at radius 3 is 3.05 bits per heavy atom. The Morgan fingerprint density at radius 2 is 2.37 bits per heavy atom. The van der Waals surface area contributed by atoms with Gasteiger partial charge in [-0.2, -0.15) is 11.8 Å². The second-order valence-corrected chi connectivity index (χ2v) is 6.82. The zero-order valence-electron chi connectivity index (χ0n) is 11.8. The highest BCUT2D eigenvalue weighted by Crippen LogP contribution is 2.25. The van der Waals surface area contributed by atoms with Crippen molar-refractivity contribution in [3.8, 4) is 0 Å². The third-order valence-electron chi connectivity index (χ3n) is 3.19. The van der Waals surface area contributed by atoms with Gasteiger partial charge in [0.2, 0.25) is 0 Å². The molecule has 5 heteroatoms. The molecule has 1 aliphatic rings. The molecule has 0 spiro atoms. The Hall–Kier alpha value is -0.810. The Kier molecular flexibility index (Phi) is 5.05. The third-order valence-corrected chi connectivity index (χ3v) is 4.33. The number of thioether (sulfide) groups is 1. The average molecular weight is 283 g/mol. The Balaban J connectivity index is 2.14. The van der Waals surface area contributed by atoms with Crippen molar-refractivity contribution in [1.29, 1.82) is 0 Å². The first-order chi connectivity index (χ1) is 9.08. The van der Waals surface area contributed by atoms with Crippen molar-refractivity contribution in [3.63, 3.8) is 0 Å². The van der Waals surface area contributed by atoms with E-state index in [2.05, 4.69) is 36.0 Å². The quantitative estimate of drug-likeness (QED) is 0.919. The number of nitrogens with zero attached hydrogens (tertiary/aromatic N) is 2. The summed E-state index contributed by atoms with van der Waals surface area (Å²) in [6.07, 6.45) is 1.71. The Bertz CT molecular complexity index is 425. The molecule has 0 saturated carbocycles. The molecular formula is C14H22FN3S. The van der Waals surface area contributed by atoms with Crippen LogP contribution in [0.5, 0.6) is 0 Å². The largest absolute Gasteiger partial charge is 0.352 e. The molecule has 3 nitrogen and oxygen atoms in total. The molecular weight excluding hydrogens is 261 g/mol. The van der Waals surface area contributed by atoms with E-state index in [0.717, 1.165) is 18.8 Å². The molecule has 2 rings (SSSR count). The highest BCUT2D eigenvalue weighted by atomic mass is 32.2. The molecule has 1 atom stereocenters. The van der Waals surface area contributed by atoms with Gasteiger partial charge in [0.1, 0.15) is 0 Å². The van der Waals surface area contributed by atoms with Gasteiger partial charge in [0, 0.05) is 48.4 Å². The summed E-state index contributed by atoms with van der Waals surface area (Å²) in [7, 11) is 0. The smallest absolute Gasteiger partial charge is 0.170 e. The van der Waals surface area contributed by atoms with Gasteiger partial charge in [-0.1, -0.05) is 20.8 Å². The number of hydrogen-bond acceptors (Lipinski definition) is 4. The number of rotatable bonds is 4. The highest BCUT2D eigenvalue weighted by Gasteiger charge is 2.21. The number of nitrogens with one attached hydrogen (secondary N) is 1. The molecule has 1 unspecified atom stereocenters. The predicted octanol–water partition coefficient (Wildman–Crippen LogP) is 2.66. The maximum absolute atomic E-state index is 14.5. The topological polar surface area (TPSA) is 28.2 Å². The van der Waals surface area contributed by atoms with Crippen molar-refractivity contribution in [2.75, 3.05) is 23.7 Å². The number of halogens is 1. The fraction of sp³-hybridized carbons (Fsp3) is 0.643. The zero-order valence-corrected chi connectivity index (χ0v) is 12.6. The standard InChI is InChI=1S/C14H22FN3S/c1-10(2)17-8-12-4-5-16-14(13(12)15)18-6-7-19-11(3)9-18/h4-5,10-11,17H,6-9H2,1-3H3. The first-order valence-electron chi connectivity index (χ1n) is 6.81. The van der Waals surface area contributed by atoms with Crippen LogP contribution in [0.3, 0.4) is 0 Å². The van der Waals surface area contributed by atoms with Crippen LogP contribution in [0.25, 0.3) is 0 Å². The number of aromatic nitrogens is 1. The maximum Gasteiger partial charge on any atom is 0.170 e. The predicted molar refractivity (Wildman–Crippen MR) is 80.3 cm³/mol. The van der Waals surface area contributed by atoms with E-state index in [1.54, 1.807) is 12.3 Å². The molecule has 1 aromatic heterocycles. The lowest BCUT2D eigenvalue weighted by Gasteiger charge is -2.32. The summed E-state index contributed by atoms with van der Waals surface area (Å²) in [5, 5.41) is 3.79. The molecule has 0 radical (unpaired) electrons. The van der Waals surface area contributed by atoms with Crippen LogP contribution in [0.15, 0.2) is 12.3 Å². The lowest BCUT2D eigenvalue weighted by Crippen LogP contribution is -2.38. The number of anilines is 1. The SMILES string of the molecule is CC(C)NCc1ccnc(N2CCSC(C)C2)c1F. The summed E-state index contributed by atoms with van der Waals surface area (Å²) in [6, 6.07) is 2.11. The van der Waals surface area contributed by atoms with Crippen molar-refractivity contribution < 1.29 is 4.39 Å². The summed E-state index contributed by atoms with van der Waals surface area (Å²) in [5.74, 6) is 1.38. The first-order valence-corrected chi connectivity index (χ1v) is 7.86. The van der Waals surface area contributed by atoms with Gasteiger partial charge in [-0.05, 0) is 6.07 Å². The molecule has 0 amide bonds. The summed E-state index contributed by atoms with van der Waals surface area (Å²) in [5.41, 5.74) is 0.699. The normalized spacial score (nSPS) is 20.1. The van der Waals surface area contributed by atoms with Crippen molar-refractivity contribution in [2.45, 2.75) is 38.6 Å². The van der Waals surface area contributed by atoms with Gasteiger partial charge in [-0.15, -0.1) is 0 Å². The summed E-state index contributed by atoms with van der Waals surface area (Å²) in [6.45, 7) is 8.60. The van der Waals surface area contributed by atoms with Crippen molar-refractivity contribution >= 4 is 17.6 Å². The van der Waals surface area contributed by atoms with E-state index in [4.69, 9.17) is 0 Å². The average Bonchev–Trinajstić information content (AvgIpc) is 2.37. The van der Waals surface area contributed by atoms with Crippen molar-refractivity contribution in [2.24, 2.45) is 0 Å². The minimum absolute atomic E-state index is 0.172. The van der Waals surface area contributed by atoms with E-state index in [-0.39, 0.29) is 5.82 Å². The molecule has 0 aliphatic carbocycles. The fourth-order valence-electron chi connectivity index (χ4n) is 2.15. The molecule has 2 heterocycles. The maximum atomic E-state index is 14.5. The van der Waals surface area contributed by atoms with Crippen LogP contribution in [-0.4, -0.2) is 35.1 Å². The van der Waals surface area contributed by atoms with Crippen LogP contribution < -0.4 is 10.2 Å². The van der Waals surface area contributed by atoms with Gasteiger partial charge in [0.25, 0.3) is 0 Å². The van der Waals surface area contributed by atoms with Crippen LogP contribution in [0.1, 0.15) is 26.3 Å². The number of pyridine rings is 1. The van der Waals surface area contributed by atoms with Gasteiger partial charge in [-0.3, -0.25) is 0 Å². The minimum atomic E-state index is -0.172. The molecule has 0 bridgehead atoms. The fourth-order valence-corrected chi connectivity index (χ4v) is 3.17. The van der Waals surface area contributed by atoms with Crippen LogP contribution in [0.2, 0.25) is 0 Å². The van der Waals surface area contributed by atoms with Gasteiger partial charge < -0.3 is 10.2 Å². The van der Waals surface area contributed by atoms with Crippen molar-refractivity contribution in [3.05, 3.63) is 23.6 Å². The van der Waals surface area contributed by atoms with Crippen LogP contribution in [-0.2, 0) is 6.54 Å².